The summed E-state index contributed by atoms with van der Waals surface area (Å²) < 4.78 is 0. The lowest BCUT2D eigenvalue weighted by atomic mass is 10.1. The van der Waals surface area contributed by atoms with Crippen molar-refractivity contribution >= 4 is 29.1 Å². The van der Waals surface area contributed by atoms with Crippen LogP contribution in [0.1, 0.15) is 24.2 Å². The van der Waals surface area contributed by atoms with E-state index >= 15 is 0 Å². The lowest BCUT2D eigenvalue weighted by molar-refractivity contribution is 0.102. The lowest BCUT2D eigenvalue weighted by Gasteiger charge is -2.04. The summed E-state index contributed by atoms with van der Waals surface area (Å²) in [6, 6.07) is 7.06. The summed E-state index contributed by atoms with van der Waals surface area (Å²) in [7, 11) is 0. The highest BCUT2D eigenvalue weighted by atomic mass is 35.5. The van der Waals surface area contributed by atoms with Crippen LogP contribution in [0.15, 0.2) is 24.3 Å². The van der Waals surface area contributed by atoms with E-state index < -0.39 is 0 Å². The first kappa shape index (κ1) is 12.6. The quantitative estimate of drug-likeness (QED) is 0.729. The summed E-state index contributed by atoms with van der Waals surface area (Å²) in [4.78, 5) is 11.7. The van der Waals surface area contributed by atoms with Crippen molar-refractivity contribution in [1.82, 2.24) is 0 Å². The smallest absolute Gasteiger partial charge is 0.172 e. The monoisotopic (exact) mass is 242 g/mol. The summed E-state index contributed by atoms with van der Waals surface area (Å²) in [5.41, 5.74) is 0.746. The molecule has 0 unspecified atom stereocenters. The van der Waals surface area contributed by atoms with Gasteiger partial charge in [-0.1, -0.05) is 25.4 Å². The van der Waals surface area contributed by atoms with E-state index in [4.69, 9.17) is 11.6 Å². The zero-order valence-electron chi connectivity index (χ0n) is 9.00. The Kier molecular flexibility index (Phi) is 5.20. The largest absolute Gasteiger partial charge is 0.293 e. The van der Waals surface area contributed by atoms with Crippen LogP contribution in [0.5, 0.6) is 0 Å². The molecule has 0 saturated heterocycles. The highest BCUT2D eigenvalue weighted by Crippen LogP contribution is 2.13. The van der Waals surface area contributed by atoms with Gasteiger partial charge in [-0.3, -0.25) is 4.79 Å². The molecule has 0 aromatic heterocycles. The number of hydrogen-bond donors (Lipinski definition) is 0. The van der Waals surface area contributed by atoms with Crippen LogP contribution in [0.25, 0.3) is 0 Å². The van der Waals surface area contributed by atoms with E-state index in [9.17, 15) is 4.79 Å². The summed E-state index contributed by atoms with van der Waals surface area (Å²) in [6.07, 6.45) is 0. The van der Waals surface area contributed by atoms with Crippen molar-refractivity contribution in [2.75, 3.05) is 11.5 Å². The van der Waals surface area contributed by atoms with Gasteiger partial charge in [0, 0.05) is 10.6 Å². The second kappa shape index (κ2) is 6.19. The Balaban J connectivity index is 2.43. The van der Waals surface area contributed by atoms with E-state index in [0.29, 0.717) is 16.7 Å². The number of benzene rings is 1. The normalized spacial score (nSPS) is 10.7. The Bertz CT molecular complexity index is 319. The number of rotatable bonds is 5. The molecule has 0 aliphatic heterocycles. The van der Waals surface area contributed by atoms with Crippen LogP contribution >= 0.6 is 23.4 Å². The molecule has 15 heavy (non-hydrogen) atoms. The fraction of sp³-hybridized carbons (Fsp3) is 0.417. The third-order valence-electron chi connectivity index (χ3n) is 1.85. The minimum absolute atomic E-state index is 0.178. The summed E-state index contributed by atoms with van der Waals surface area (Å²) in [5.74, 6) is 2.39. The molecule has 0 aliphatic rings. The molecule has 1 aromatic rings. The van der Waals surface area contributed by atoms with E-state index in [1.807, 2.05) is 0 Å². The molecule has 0 amide bonds. The van der Waals surface area contributed by atoms with Crippen LogP contribution < -0.4 is 0 Å². The highest BCUT2D eigenvalue weighted by molar-refractivity contribution is 7.99. The molecule has 0 fully saturated rings. The molecule has 1 rings (SSSR count). The van der Waals surface area contributed by atoms with Gasteiger partial charge in [-0.2, -0.15) is 11.8 Å². The standard InChI is InChI=1S/C12H15ClOS/c1-9(2)7-15-8-12(14)10-3-5-11(13)6-4-10/h3-6,9H,7-8H2,1-2H3. The molecule has 0 aliphatic carbocycles. The molecule has 1 aromatic carbocycles. The maximum Gasteiger partial charge on any atom is 0.172 e. The third kappa shape index (κ3) is 4.72. The maximum atomic E-state index is 11.7. The van der Waals surface area contributed by atoms with Crippen molar-refractivity contribution in [3.63, 3.8) is 0 Å². The number of thioether (sulfide) groups is 1. The molecule has 1 nitrogen and oxygen atoms in total. The third-order valence-corrected chi connectivity index (χ3v) is 3.47. The van der Waals surface area contributed by atoms with Crippen molar-refractivity contribution in [1.29, 1.82) is 0 Å². The number of carbonyl (C=O) groups is 1. The fourth-order valence-corrected chi connectivity index (χ4v) is 2.17. The van der Waals surface area contributed by atoms with Crippen LogP contribution in [-0.2, 0) is 0 Å². The topological polar surface area (TPSA) is 17.1 Å². The lowest BCUT2D eigenvalue weighted by Crippen LogP contribution is -2.04. The van der Waals surface area contributed by atoms with Gasteiger partial charge in [0.2, 0.25) is 0 Å². The molecule has 0 spiro atoms. The predicted molar refractivity (Wildman–Crippen MR) is 67.9 cm³/mol. The minimum Gasteiger partial charge on any atom is -0.293 e. The van der Waals surface area contributed by atoms with Gasteiger partial charge in [0.05, 0.1) is 5.75 Å². The Morgan fingerprint density at radius 2 is 1.93 bits per heavy atom. The maximum absolute atomic E-state index is 11.7. The van der Waals surface area contributed by atoms with Gasteiger partial charge in [0.25, 0.3) is 0 Å². The number of ketones is 1. The molecule has 3 heteroatoms. The van der Waals surface area contributed by atoms with E-state index in [0.717, 1.165) is 11.3 Å². The van der Waals surface area contributed by atoms with Crippen LogP contribution in [0.2, 0.25) is 5.02 Å². The number of hydrogen-bond acceptors (Lipinski definition) is 2. The van der Waals surface area contributed by atoms with Crippen molar-refractivity contribution in [3.8, 4) is 0 Å². The summed E-state index contributed by atoms with van der Waals surface area (Å²) >= 11 is 7.43. The Morgan fingerprint density at radius 1 is 1.33 bits per heavy atom. The fourth-order valence-electron chi connectivity index (χ4n) is 1.11. The molecule has 0 saturated carbocycles. The van der Waals surface area contributed by atoms with Crippen LogP contribution in [0, 0.1) is 5.92 Å². The van der Waals surface area contributed by atoms with Crippen LogP contribution in [0.3, 0.4) is 0 Å². The average Bonchev–Trinajstić information content (AvgIpc) is 2.18. The first-order chi connectivity index (χ1) is 7.09. The molecule has 0 atom stereocenters. The molecular weight excluding hydrogens is 228 g/mol. The summed E-state index contributed by atoms with van der Waals surface area (Å²) in [6.45, 7) is 4.31. The van der Waals surface area contributed by atoms with Crippen molar-refractivity contribution in [3.05, 3.63) is 34.9 Å². The van der Waals surface area contributed by atoms with Gasteiger partial charge in [-0.25, -0.2) is 0 Å². The van der Waals surface area contributed by atoms with E-state index in [1.54, 1.807) is 36.0 Å². The average molecular weight is 243 g/mol. The number of Topliss-reactive ketones (excluding diaryl/α,β-unsaturated/α-hetero) is 1. The van der Waals surface area contributed by atoms with Crippen LogP contribution in [0.4, 0.5) is 0 Å². The molecule has 0 N–H and O–H groups in total. The zero-order valence-corrected chi connectivity index (χ0v) is 10.6. The van der Waals surface area contributed by atoms with Gasteiger partial charge in [0.1, 0.15) is 0 Å². The van der Waals surface area contributed by atoms with E-state index in [-0.39, 0.29) is 5.78 Å². The molecule has 82 valence electrons. The predicted octanol–water partition coefficient (Wildman–Crippen LogP) is 3.91. The number of carbonyl (C=O) groups excluding carboxylic acids is 1. The van der Waals surface area contributed by atoms with E-state index in [2.05, 4.69) is 13.8 Å². The summed E-state index contributed by atoms with van der Waals surface area (Å²) in [5, 5.41) is 0.668. The van der Waals surface area contributed by atoms with Gasteiger partial charge >= 0.3 is 0 Å². The van der Waals surface area contributed by atoms with Gasteiger partial charge in [-0.15, -0.1) is 0 Å². The second-order valence-corrected chi connectivity index (χ2v) is 5.31. The van der Waals surface area contributed by atoms with E-state index in [1.165, 1.54) is 0 Å². The Labute approximate surface area is 100 Å². The first-order valence-electron chi connectivity index (χ1n) is 4.96. The SMILES string of the molecule is CC(C)CSCC(=O)c1ccc(Cl)cc1. The Morgan fingerprint density at radius 3 is 2.47 bits per heavy atom. The van der Waals surface area contributed by atoms with Crippen molar-refractivity contribution < 1.29 is 4.79 Å². The molecular formula is C12H15ClOS. The zero-order chi connectivity index (χ0) is 11.3. The van der Waals surface area contributed by atoms with Gasteiger partial charge < -0.3 is 0 Å². The van der Waals surface area contributed by atoms with Crippen molar-refractivity contribution in [2.45, 2.75) is 13.8 Å². The molecule has 0 radical (unpaired) electrons. The number of halogens is 1. The molecule has 0 bridgehead atoms. The molecule has 0 heterocycles. The Hall–Kier alpha value is -0.470. The highest BCUT2D eigenvalue weighted by Gasteiger charge is 2.05. The first-order valence-corrected chi connectivity index (χ1v) is 6.49. The van der Waals surface area contributed by atoms with Gasteiger partial charge in [-0.05, 0) is 35.9 Å². The van der Waals surface area contributed by atoms with Crippen LogP contribution in [-0.4, -0.2) is 17.3 Å². The second-order valence-electron chi connectivity index (χ2n) is 3.84. The minimum atomic E-state index is 0.178. The van der Waals surface area contributed by atoms with Crippen molar-refractivity contribution in [2.24, 2.45) is 5.92 Å². The van der Waals surface area contributed by atoms with Gasteiger partial charge in [0.15, 0.2) is 5.78 Å².